The second kappa shape index (κ2) is 9.38. The minimum Gasteiger partial charge on any atom is -0.350 e. The zero-order valence-corrected chi connectivity index (χ0v) is 19.0. The van der Waals surface area contributed by atoms with Crippen LogP contribution in [0.4, 0.5) is 0 Å². The van der Waals surface area contributed by atoms with Crippen molar-refractivity contribution in [3.05, 3.63) is 110 Å². The number of aromatic nitrogens is 2. The van der Waals surface area contributed by atoms with E-state index in [1.54, 1.807) is 41.8 Å². The minimum atomic E-state index is -0.407. The Morgan fingerprint density at radius 2 is 1.73 bits per heavy atom. The number of halogens is 1. The second-order valence-electron chi connectivity index (χ2n) is 7.89. The molecule has 0 saturated heterocycles. The normalized spacial score (nSPS) is 10.9. The molecule has 1 amide bonds. The van der Waals surface area contributed by atoms with E-state index in [2.05, 4.69) is 10.3 Å². The van der Waals surface area contributed by atoms with Crippen LogP contribution in [-0.4, -0.2) is 21.2 Å². The van der Waals surface area contributed by atoms with Crippen molar-refractivity contribution in [2.24, 2.45) is 0 Å². The highest BCUT2D eigenvalue weighted by molar-refractivity contribution is 6.31. The number of nitrogens with one attached hydrogen (secondary N) is 1. The Balaban J connectivity index is 1.69. The van der Waals surface area contributed by atoms with Gasteiger partial charge in [-0.05, 0) is 37.6 Å². The first kappa shape index (κ1) is 22.4. The van der Waals surface area contributed by atoms with E-state index in [4.69, 9.17) is 11.6 Å². The number of aryl methyl sites for hydroxylation is 2. The van der Waals surface area contributed by atoms with Gasteiger partial charge >= 0.3 is 0 Å². The van der Waals surface area contributed by atoms with Crippen LogP contribution in [0.15, 0.2) is 71.7 Å². The molecule has 4 aromatic rings. The van der Waals surface area contributed by atoms with Crippen LogP contribution >= 0.6 is 11.6 Å². The quantitative estimate of drug-likeness (QED) is 0.438. The molecule has 0 fully saturated rings. The molecule has 0 unspecified atom stereocenters. The molecule has 0 spiro atoms. The summed E-state index contributed by atoms with van der Waals surface area (Å²) in [5, 5.41) is 3.69. The van der Waals surface area contributed by atoms with Crippen LogP contribution in [0.5, 0.6) is 0 Å². The third-order valence-corrected chi connectivity index (χ3v) is 5.74. The van der Waals surface area contributed by atoms with Crippen molar-refractivity contribution in [3.8, 4) is 0 Å². The number of ketones is 1. The van der Waals surface area contributed by atoms with Crippen molar-refractivity contribution in [2.45, 2.75) is 26.9 Å². The fraction of sp³-hybridized carbons (Fsp3) is 0.154. The lowest BCUT2D eigenvalue weighted by Gasteiger charge is -2.13. The van der Waals surface area contributed by atoms with Gasteiger partial charge in [0.15, 0.2) is 5.78 Å². The van der Waals surface area contributed by atoms with Crippen LogP contribution < -0.4 is 10.7 Å². The number of nitrogens with zero attached hydrogens (tertiary/aromatic N) is 2. The summed E-state index contributed by atoms with van der Waals surface area (Å²) in [5.41, 5.74) is 2.86. The van der Waals surface area contributed by atoms with Gasteiger partial charge in [-0.15, -0.1) is 0 Å². The Kier molecular flexibility index (Phi) is 6.38. The topological polar surface area (TPSA) is 81.1 Å². The van der Waals surface area contributed by atoms with E-state index < -0.39 is 11.2 Å². The van der Waals surface area contributed by atoms with Crippen molar-refractivity contribution < 1.29 is 9.59 Å². The summed E-state index contributed by atoms with van der Waals surface area (Å²) in [5.74, 6) is -0.690. The van der Waals surface area contributed by atoms with Crippen molar-refractivity contribution in [1.82, 2.24) is 14.9 Å². The fourth-order valence-electron chi connectivity index (χ4n) is 3.55. The van der Waals surface area contributed by atoms with Crippen LogP contribution in [0.2, 0.25) is 5.02 Å². The summed E-state index contributed by atoms with van der Waals surface area (Å²) in [6, 6.07) is 17.6. The first-order valence-corrected chi connectivity index (χ1v) is 10.8. The molecule has 6 nitrogen and oxygen atoms in total. The Labute approximate surface area is 195 Å². The molecule has 0 aliphatic carbocycles. The predicted octanol–water partition coefficient (Wildman–Crippen LogP) is 4.21. The van der Waals surface area contributed by atoms with Gasteiger partial charge in [0.2, 0.25) is 11.3 Å². The largest absolute Gasteiger partial charge is 0.350 e. The summed E-state index contributed by atoms with van der Waals surface area (Å²) in [7, 11) is 0. The highest BCUT2D eigenvalue weighted by atomic mass is 35.5. The third kappa shape index (κ3) is 4.86. The summed E-state index contributed by atoms with van der Waals surface area (Å²) in [6.07, 6.45) is 1.42. The highest BCUT2D eigenvalue weighted by Crippen LogP contribution is 2.16. The van der Waals surface area contributed by atoms with Crippen LogP contribution in [0.1, 0.15) is 32.7 Å². The average molecular weight is 460 g/mol. The molecule has 0 bridgehead atoms. The number of hydrogen-bond donors (Lipinski definition) is 1. The number of fused-ring (bicyclic) bond motifs is 1. The van der Waals surface area contributed by atoms with Gasteiger partial charge in [-0.3, -0.25) is 14.4 Å². The maximum Gasteiger partial charge on any atom is 0.240 e. The number of rotatable bonds is 6. The molecule has 7 heteroatoms. The van der Waals surface area contributed by atoms with Gasteiger partial charge in [-0.1, -0.05) is 59.6 Å². The van der Waals surface area contributed by atoms with Crippen molar-refractivity contribution in [3.63, 3.8) is 0 Å². The SMILES string of the molecule is Cc1ccc(C(=O)c2cn(CC(=O)NCc3ccccc3Cl)c3nc(C)ccc3c2=O)cc1. The summed E-state index contributed by atoms with van der Waals surface area (Å²) in [6.45, 7) is 3.88. The van der Waals surface area contributed by atoms with Crippen molar-refractivity contribution in [1.29, 1.82) is 0 Å². The molecule has 1 N–H and O–H groups in total. The maximum atomic E-state index is 13.1. The zero-order chi connectivity index (χ0) is 23.5. The number of carbonyl (C=O) groups is 2. The molecular formula is C26H22ClN3O3. The number of hydrogen-bond acceptors (Lipinski definition) is 4. The van der Waals surface area contributed by atoms with Gasteiger partial charge in [-0.25, -0.2) is 4.98 Å². The maximum absolute atomic E-state index is 13.1. The smallest absolute Gasteiger partial charge is 0.240 e. The Morgan fingerprint density at radius 1 is 1.00 bits per heavy atom. The van der Waals surface area contributed by atoms with E-state index in [-0.39, 0.29) is 29.9 Å². The number of pyridine rings is 2. The molecule has 2 heterocycles. The van der Waals surface area contributed by atoms with Gasteiger partial charge in [0.1, 0.15) is 12.2 Å². The number of benzene rings is 2. The van der Waals surface area contributed by atoms with E-state index in [1.165, 1.54) is 6.20 Å². The van der Waals surface area contributed by atoms with E-state index in [0.717, 1.165) is 11.1 Å². The first-order valence-electron chi connectivity index (χ1n) is 10.5. The summed E-state index contributed by atoms with van der Waals surface area (Å²) >= 11 is 6.17. The molecule has 2 aromatic heterocycles. The molecule has 0 atom stereocenters. The standard InChI is InChI=1S/C26H22ClN3O3/c1-16-7-10-18(11-8-16)24(32)21-14-30(26-20(25(21)33)12-9-17(2)29-26)15-23(31)28-13-19-5-3-4-6-22(19)27/h3-12,14H,13,15H2,1-2H3,(H,28,31). The highest BCUT2D eigenvalue weighted by Gasteiger charge is 2.19. The van der Waals surface area contributed by atoms with E-state index in [1.807, 2.05) is 37.3 Å². The van der Waals surface area contributed by atoms with Crippen LogP contribution in [0.25, 0.3) is 11.0 Å². The Hall–Kier alpha value is -3.77. The third-order valence-electron chi connectivity index (χ3n) is 5.37. The molecule has 0 aliphatic rings. The lowest BCUT2D eigenvalue weighted by molar-refractivity contribution is -0.121. The van der Waals surface area contributed by atoms with E-state index in [9.17, 15) is 14.4 Å². The van der Waals surface area contributed by atoms with E-state index >= 15 is 0 Å². The molecule has 166 valence electrons. The van der Waals surface area contributed by atoms with Gasteiger partial charge in [0, 0.05) is 29.0 Å². The zero-order valence-electron chi connectivity index (χ0n) is 18.3. The minimum absolute atomic E-state index is 0.00379. The first-order chi connectivity index (χ1) is 15.8. The average Bonchev–Trinajstić information content (AvgIpc) is 2.80. The molecule has 0 radical (unpaired) electrons. The lowest BCUT2D eigenvalue weighted by Crippen LogP contribution is -2.29. The number of carbonyl (C=O) groups excluding carboxylic acids is 2. The summed E-state index contributed by atoms with van der Waals surface area (Å²) < 4.78 is 1.55. The van der Waals surface area contributed by atoms with Gasteiger partial charge < -0.3 is 9.88 Å². The molecule has 0 aliphatic heterocycles. The number of amides is 1. The predicted molar refractivity (Wildman–Crippen MR) is 129 cm³/mol. The van der Waals surface area contributed by atoms with E-state index in [0.29, 0.717) is 21.9 Å². The fourth-order valence-corrected chi connectivity index (χ4v) is 3.75. The molecule has 33 heavy (non-hydrogen) atoms. The molecule has 4 rings (SSSR count). The monoisotopic (exact) mass is 459 g/mol. The van der Waals surface area contributed by atoms with Crippen LogP contribution in [0.3, 0.4) is 0 Å². The Bertz CT molecular complexity index is 1430. The summed E-state index contributed by atoms with van der Waals surface area (Å²) in [4.78, 5) is 43.4. The van der Waals surface area contributed by atoms with Gasteiger partial charge in [-0.2, -0.15) is 0 Å². The second-order valence-corrected chi connectivity index (χ2v) is 8.29. The Morgan fingerprint density at radius 3 is 2.45 bits per heavy atom. The lowest BCUT2D eigenvalue weighted by atomic mass is 10.0. The van der Waals surface area contributed by atoms with Crippen LogP contribution in [-0.2, 0) is 17.9 Å². The molecular weight excluding hydrogens is 438 g/mol. The molecule has 0 saturated carbocycles. The van der Waals surface area contributed by atoms with Crippen molar-refractivity contribution in [2.75, 3.05) is 0 Å². The molecule has 2 aromatic carbocycles. The van der Waals surface area contributed by atoms with Gasteiger partial charge in [0.05, 0.1) is 10.9 Å². The van der Waals surface area contributed by atoms with Gasteiger partial charge in [0.25, 0.3) is 0 Å². The van der Waals surface area contributed by atoms with Crippen LogP contribution in [0, 0.1) is 13.8 Å². The van der Waals surface area contributed by atoms with Crippen molar-refractivity contribution >= 4 is 34.3 Å².